The van der Waals surface area contributed by atoms with Crippen LogP contribution in [0.25, 0.3) is 0 Å². The molecular weight excluding hydrogens is 216 g/mol. The summed E-state index contributed by atoms with van der Waals surface area (Å²) in [5.74, 6) is -0.480. The van der Waals surface area contributed by atoms with Gasteiger partial charge in [0.2, 0.25) is 0 Å². The van der Waals surface area contributed by atoms with Gasteiger partial charge in [-0.15, -0.1) is 0 Å². The van der Waals surface area contributed by atoms with Crippen molar-refractivity contribution >= 4 is 5.97 Å². The summed E-state index contributed by atoms with van der Waals surface area (Å²) in [5.41, 5.74) is 0. The summed E-state index contributed by atoms with van der Waals surface area (Å²) in [5, 5.41) is 9.30. The Labute approximate surface area is 104 Å². The molecule has 2 heterocycles. The van der Waals surface area contributed by atoms with Crippen LogP contribution in [0.15, 0.2) is 0 Å². The van der Waals surface area contributed by atoms with Crippen LogP contribution in [0.3, 0.4) is 0 Å². The Kier molecular flexibility index (Phi) is 4.05. The van der Waals surface area contributed by atoms with E-state index in [0.29, 0.717) is 6.04 Å². The summed E-state index contributed by atoms with van der Waals surface area (Å²) in [6.07, 6.45) is 3.75. The third-order valence-corrected chi connectivity index (χ3v) is 4.13. The van der Waals surface area contributed by atoms with Crippen molar-refractivity contribution < 1.29 is 9.90 Å². The summed E-state index contributed by atoms with van der Waals surface area (Å²) in [6.45, 7) is 8.30. The Morgan fingerprint density at radius 1 is 1.24 bits per heavy atom. The van der Waals surface area contributed by atoms with Crippen molar-refractivity contribution in [3.8, 4) is 0 Å². The molecule has 17 heavy (non-hydrogen) atoms. The van der Waals surface area contributed by atoms with Gasteiger partial charge in [-0.2, -0.15) is 0 Å². The first-order valence-electron chi connectivity index (χ1n) is 6.80. The van der Waals surface area contributed by atoms with Crippen molar-refractivity contribution in [2.45, 2.75) is 45.2 Å². The van der Waals surface area contributed by atoms with Crippen LogP contribution < -0.4 is 0 Å². The molecule has 2 rings (SSSR count). The van der Waals surface area contributed by atoms with E-state index in [-0.39, 0.29) is 12.0 Å². The van der Waals surface area contributed by atoms with Gasteiger partial charge in [-0.1, -0.05) is 13.8 Å². The Balaban J connectivity index is 1.93. The maximum Gasteiger partial charge on any atom is 0.321 e. The van der Waals surface area contributed by atoms with Gasteiger partial charge in [0.15, 0.2) is 0 Å². The molecule has 2 aliphatic heterocycles. The highest BCUT2D eigenvalue weighted by molar-refractivity contribution is 5.73. The summed E-state index contributed by atoms with van der Waals surface area (Å²) in [6, 6.07) is 0.292. The van der Waals surface area contributed by atoms with Gasteiger partial charge in [0.05, 0.1) is 0 Å². The van der Waals surface area contributed by atoms with Gasteiger partial charge >= 0.3 is 5.97 Å². The molecule has 0 aromatic carbocycles. The van der Waals surface area contributed by atoms with Crippen molar-refractivity contribution in [2.24, 2.45) is 5.92 Å². The van der Waals surface area contributed by atoms with Crippen molar-refractivity contribution in [3.63, 3.8) is 0 Å². The van der Waals surface area contributed by atoms with Crippen LogP contribution in [-0.2, 0) is 4.79 Å². The van der Waals surface area contributed by atoms with Crippen LogP contribution >= 0.6 is 0 Å². The summed E-state index contributed by atoms with van der Waals surface area (Å²) in [7, 11) is 0. The molecule has 2 atom stereocenters. The minimum absolute atomic E-state index is 0.185. The molecule has 0 saturated carbocycles. The Bertz CT molecular complexity index is 275. The number of carboxylic acid groups (broad SMARTS) is 1. The highest BCUT2D eigenvalue weighted by Gasteiger charge is 2.36. The lowest BCUT2D eigenvalue weighted by molar-refractivity contribution is -0.144. The second-order valence-electron chi connectivity index (χ2n) is 5.71. The van der Waals surface area contributed by atoms with E-state index in [1.165, 1.54) is 25.9 Å². The van der Waals surface area contributed by atoms with Gasteiger partial charge in [-0.25, -0.2) is 0 Å². The van der Waals surface area contributed by atoms with E-state index in [4.69, 9.17) is 0 Å². The quantitative estimate of drug-likeness (QED) is 0.803. The molecule has 0 aromatic heterocycles. The lowest BCUT2D eigenvalue weighted by Crippen LogP contribution is -2.45. The molecular formula is C13H24N2O2. The van der Waals surface area contributed by atoms with Gasteiger partial charge in [0.1, 0.15) is 6.04 Å². The molecule has 0 aliphatic carbocycles. The zero-order valence-corrected chi connectivity index (χ0v) is 10.9. The van der Waals surface area contributed by atoms with E-state index in [0.717, 1.165) is 19.5 Å². The molecule has 0 spiro atoms. The largest absolute Gasteiger partial charge is 0.480 e. The van der Waals surface area contributed by atoms with E-state index in [1.807, 2.05) is 13.8 Å². The minimum atomic E-state index is -0.665. The van der Waals surface area contributed by atoms with Gasteiger partial charge in [-0.05, 0) is 38.3 Å². The predicted octanol–water partition coefficient (Wildman–Crippen LogP) is 1.27. The second-order valence-corrected chi connectivity index (χ2v) is 5.71. The normalized spacial score (nSPS) is 29.0. The molecule has 2 fully saturated rings. The van der Waals surface area contributed by atoms with E-state index in [1.54, 1.807) is 0 Å². The molecule has 0 aromatic rings. The highest BCUT2D eigenvalue weighted by atomic mass is 16.4. The fourth-order valence-corrected chi connectivity index (χ4v) is 3.29. The third kappa shape index (κ3) is 2.80. The number of carbonyl (C=O) groups is 1. The van der Waals surface area contributed by atoms with Crippen LogP contribution in [0, 0.1) is 5.92 Å². The zero-order chi connectivity index (χ0) is 12.4. The standard InChI is InChI=1S/C13H24N2O2/c1-10(2)12(13(16)17)15-8-5-11(9-15)14-6-3-4-7-14/h10-12H,3-9H2,1-2H3,(H,16,17). The fourth-order valence-electron chi connectivity index (χ4n) is 3.29. The number of hydrogen-bond donors (Lipinski definition) is 1. The summed E-state index contributed by atoms with van der Waals surface area (Å²) in [4.78, 5) is 16.0. The van der Waals surface area contributed by atoms with Crippen LogP contribution in [0.4, 0.5) is 0 Å². The Morgan fingerprint density at radius 3 is 2.41 bits per heavy atom. The van der Waals surface area contributed by atoms with Gasteiger partial charge in [0, 0.05) is 19.1 Å². The molecule has 4 nitrogen and oxygen atoms in total. The molecule has 1 N–H and O–H groups in total. The van der Waals surface area contributed by atoms with E-state index in [9.17, 15) is 9.90 Å². The third-order valence-electron chi connectivity index (χ3n) is 4.13. The second kappa shape index (κ2) is 5.36. The minimum Gasteiger partial charge on any atom is -0.480 e. The van der Waals surface area contributed by atoms with Crippen molar-refractivity contribution in [3.05, 3.63) is 0 Å². The monoisotopic (exact) mass is 240 g/mol. The first-order valence-corrected chi connectivity index (χ1v) is 6.80. The average Bonchev–Trinajstić information content (AvgIpc) is 2.83. The number of rotatable bonds is 4. The SMILES string of the molecule is CC(C)C(C(=O)O)N1CCC(N2CCCC2)C1. The zero-order valence-electron chi connectivity index (χ0n) is 10.9. The van der Waals surface area contributed by atoms with E-state index >= 15 is 0 Å². The maximum atomic E-state index is 11.3. The van der Waals surface area contributed by atoms with Crippen LogP contribution in [0.2, 0.25) is 0 Å². The van der Waals surface area contributed by atoms with Gasteiger partial charge in [-0.3, -0.25) is 14.6 Å². The fraction of sp³-hybridized carbons (Fsp3) is 0.923. The van der Waals surface area contributed by atoms with Crippen LogP contribution in [0.5, 0.6) is 0 Å². The van der Waals surface area contributed by atoms with E-state index in [2.05, 4.69) is 9.80 Å². The Morgan fingerprint density at radius 2 is 1.88 bits per heavy atom. The molecule has 2 aliphatic rings. The topological polar surface area (TPSA) is 43.8 Å². The smallest absolute Gasteiger partial charge is 0.321 e. The number of hydrogen-bond acceptors (Lipinski definition) is 3. The number of nitrogens with zero attached hydrogens (tertiary/aromatic N) is 2. The molecule has 2 saturated heterocycles. The van der Waals surface area contributed by atoms with Crippen molar-refractivity contribution in [1.82, 2.24) is 9.80 Å². The van der Waals surface area contributed by atoms with Gasteiger partial charge < -0.3 is 5.11 Å². The number of aliphatic carboxylic acids is 1. The molecule has 98 valence electrons. The average molecular weight is 240 g/mol. The molecule has 4 heteroatoms. The number of likely N-dealkylation sites (tertiary alicyclic amines) is 2. The lowest BCUT2D eigenvalue weighted by Gasteiger charge is -2.29. The van der Waals surface area contributed by atoms with Crippen LogP contribution in [-0.4, -0.2) is 59.1 Å². The molecule has 0 radical (unpaired) electrons. The highest BCUT2D eigenvalue weighted by Crippen LogP contribution is 2.24. The summed E-state index contributed by atoms with van der Waals surface area (Å²) >= 11 is 0. The Hall–Kier alpha value is -0.610. The maximum absolute atomic E-state index is 11.3. The first kappa shape index (κ1) is 12.8. The number of carboxylic acids is 1. The van der Waals surface area contributed by atoms with Gasteiger partial charge in [0.25, 0.3) is 0 Å². The van der Waals surface area contributed by atoms with Crippen LogP contribution in [0.1, 0.15) is 33.1 Å². The molecule has 0 amide bonds. The van der Waals surface area contributed by atoms with E-state index < -0.39 is 5.97 Å². The van der Waals surface area contributed by atoms with Crippen molar-refractivity contribution in [2.75, 3.05) is 26.2 Å². The first-order chi connectivity index (χ1) is 8.09. The molecule has 0 bridgehead atoms. The molecule has 2 unspecified atom stereocenters. The lowest BCUT2D eigenvalue weighted by atomic mass is 10.0. The summed E-state index contributed by atoms with van der Waals surface area (Å²) < 4.78 is 0. The van der Waals surface area contributed by atoms with Crippen molar-refractivity contribution in [1.29, 1.82) is 0 Å². The predicted molar refractivity (Wildman–Crippen MR) is 67.0 cm³/mol.